The smallest absolute Gasteiger partial charge is 0.157 e. The zero-order valence-corrected chi connectivity index (χ0v) is 13.8. The first kappa shape index (κ1) is 15.7. The number of H-pyrrole nitrogens is 2. The molecule has 0 aliphatic rings. The Hall–Kier alpha value is -2.21. The first-order valence-electron chi connectivity index (χ1n) is 7.67. The molecule has 2 unspecified atom stereocenters. The highest BCUT2D eigenvalue weighted by Gasteiger charge is 2.22. The lowest BCUT2D eigenvalue weighted by Gasteiger charge is -2.17. The molecule has 1 aromatic carbocycles. The number of halogens is 1. The van der Waals surface area contributed by atoms with E-state index in [9.17, 15) is 0 Å². The average Bonchev–Trinajstić information content (AvgIpc) is 3.25. The normalized spacial score (nSPS) is 13.9. The summed E-state index contributed by atoms with van der Waals surface area (Å²) in [5, 5.41) is 14.6. The summed E-state index contributed by atoms with van der Waals surface area (Å²) in [6.45, 7) is 4.19. The van der Waals surface area contributed by atoms with Crippen molar-refractivity contribution in [2.75, 3.05) is 0 Å². The highest BCUT2D eigenvalue weighted by atomic mass is 35.5. The van der Waals surface area contributed by atoms with E-state index in [-0.39, 0.29) is 11.8 Å². The average molecular weight is 330 g/mol. The summed E-state index contributed by atoms with van der Waals surface area (Å²) in [5.74, 6) is 1.59. The molecular weight excluding hydrogens is 312 g/mol. The fraction of sp³-hybridized carbons (Fsp3) is 0.375. The molecule has 0 aliphatic heterocycles. The van der Waals surface area contributed by atoms with Gasteiger partial charge in [-0.15, -0.1) is 0 Å². The minimum Gasteiger partial charge on any atom is -0.266 e. The lowest BCUT2D eigenvalue weighted by atomic mass is 9.89. The SMILES string of the molecule is CCC(c1[c]c(C(CC)c2nc[nH]n2)c(Cl)cc1)c1nc[nH]n1. The Bertz CT molecular complexity index is 738. The van der Waals surface area contributed by atoms with E-state index < -0.39 is 0 Å². The van der Waals surface area contributed by atoms with Gasteiger partial charge in [0.15, 0.2) is 11.6 Å². The van der Waals surface area contributed by atoms with E-state index in [0.717, 1.165) is 35.6 Å². The lowest BCUT2D eigenvalue weighted by Crippen LogP contribution is -2.07. The third-order valence-corrected chi connectivity index (χ3v) is 4.31. The van der Waals surface area contributed by atoms with Crippen molar-refractivity contribution in [1.29, 1.82) is 0 Å². The molecule has 6 nitrogen and oxygen atoms in total. The number of rotatable bonds is 6. The molecule has 0 aliphatic carbocycles. The van der Waals surface area contributed by atoms with Gasteiger partial charge in [-0.05, 0) is 36.1 Å². The Morgan fingerprint density at radius 2 is 1.61 bits per heavy atom. The van der Waals surface area contributed by atoms with Crippen molar-refractivity contribution >= 4 is 11.6 Å². The van der Waals surface area contributed by atoms with Crippen LogP contribution in [0.2, 0.25) is 5.02 Å². The van der Waals surface area contributed by atoms with E-state index in [2.05, 4.69) is 50.3 Å². The lowest BCUT2D eigenvalue weighted by molar-refractivity contribution is 0.700. The maximum Gasteiger partial charge on any atom is 0.157 e. The molecular formula is C16H18ClN6. The van der Waals surface area contributed by atoms with Crippen LogP contribution in [-0.2, 0) is 0 Å². The van der Waals surface area contributed by atoms with E-state index in [1.807, 2.05) is 12.1 Å². The van der Waals surface area contributed by atoms with Crippen molar-refractivity contribution in [1.82, 2.24) is 30.4 Å². The molecule has 2 aromatic heterocycles. The van der Waals surface area contributed by atoms with E-state index in [0.29, 0.717) is 5.02 Å². The zero-order chi connectivity index (χ0) is 16.2. The molecule has 0 saturated carbocycles. The van der Waals surface area contributed by atoms with Crippen molar-refractivity contribution in [2.24, 2.45) is 0 Å². The molecule has 1 radical (unpaired) electrons. The van der Waals surface area contributed by atoms with E-state index in [1.54, 1.807) is 12.7 Å². The summed E-state index contributed by atoms with van der Waals surface area (Å²) in [4.78, 5) is 8.56. The van der Waals surface area contributed by atoms with Crippen LogP contribution < -0.4 is 0 Å². The Morgan fingerprint density at radius 3 is 2.13 bits per heavy atom. The second kappa shape index (κ2) is 6.91. The minimum absolute atomic E-state index is 0.0124. The third kappa shape index (κ3) is 3.12. The summed E-state index contributed by atoms with van der Waals surface area (Å²) in [6, 6.07) is 7.37. The predicted molar refractivity (Wildman–Crippen MR) is 87.3 cm³/mol. The first-order chi connectivity index (χ1) is 11.2. The van der Waals surface area contributed by atoms with Gasteiger partial charge in [-0.3, -0.25) is 10.2 Å². The quantitative estimate of drug-likeness (QED) is 0.725. The van der Waals surface area contributed by atoms with Crippen molar-refractivity contribution < 1.29 is 0 Å². The number of nitrogens with zero attached hydrogens (tertiary/aromatic N) is 4. The molecule has 2 N–H and O–H groups in total. The monoisotopic (exact) mass is 329 g/mol. The molecule has 0 amide bonds. The fourth-order valence-corrected chi connectivity index (χ4v) is 3.04. The highest BCUT2D eigenvalue weighted by molar-refractivity contribution is 6.31. The number of aromatic nitrogens is 6. The van der Waals surface area contributed by atoms with Crippen LogP contribution in [0, 0.1) is 6.07 Å². The summed E-state index contributed by atoms with van der Waals surface area (Å²) < 4.78 is 0. The molecule has 119 valence electrons. The number of nitrogens with one attached hydrogen (secondary N) is 2. The van der Waals surface area contributed by atoms with Crippen molar-refractivity contribution in [3.8, 4) is 0 Å². The number of hydrogen-bond donors (Lipinski definition) is 2. The summed E-state index contributed by atoms with van der Waals surface area (Å²) >= 11 is 6.42. The van der Waals surface area contributed by atoms with E-state index in [1.165, 1.54) is 0 Å². The van der Waals surface area contributed by atoms with Gasteiger partial charge in [0.2, 0.25) is 0 Å². The van der Waals surface area contributed by atoms with Gasteiger partial charge >= 0.3 is 0 Å². The molecule has 3 rings (SSSR count). The Labute approximate surface area is 139 Å². The topological polar surface area (TPSA) is 83.1 Å². The van der Waals surface area contributed by atoms with Crippen LogP contribution >= 0.6 is 11.6 Å². The van der Waals surface area contributed by atoms with Crippen molar-refractivity contribution in [3.05, 3.63) is 58.7 Å². The van der Waals surface area contributed by atoms with E-state index >= 15 is 0 Å². The van der Waals surface area contributed by atoms with Gasteiger partial charge in [0.25, 0.3) is 0 Å². The van der Waals surface area contributed by atoms with Crippen LogP contribution in [-0.4, -0.2) is 30.4 Å². The maximum absolute atomic E-state index is 6.42. The molecule has 2 atom stereocenters. The number of hydrogen-bond acceptors (Lipinski definition) is 4. The van der Waals surface area contributed by atoms with Gasteiger partial charge in [-0.25, -0.2) is 9.97 Å². The second-order valence-corrected chi connectivity index (χ2v) is 5.72. The molecule has 3 aromatic rings. The van der Waals surface area contributed by atoms with Gasteiger partial charge in [0.05, 0.1) is 0 Å². The first-order valence-corrected chi connectivity index (χ1v) is 8.05. The minimum atomic E-state index is 0.0124. The summed E-state index contributed by atoms with van der Waals surface area (Å²) in [6.07, 6.45) is 4.90. The van der Waals surface area contributed by atoms with Gasteiger partial charge in [-0.1, -0.05) is 31.5 Å². The number of aromatic amines is 2. The van der Waals surface area contributed by atoms with Crippen LogP contribution in [0.15, 0.2) is 24.8 Å². The van der Waals surface area contributed by atoms with E-state index in [4.69, 9.17) is 11.6 Å². The van der Waals surface area contributed by atoms with Crippen LogP contribution in [0.4, 0.5) is 0 Å². The molecule has 0 saturated heterocycles. The Morgan fingerprint density at radius 1 is 1.00 bits per heavy atom. The molecule has 7 heteroatoms. The predicted octanol–water partition coefficient (Wildman–Crippen LogP) is 3.46. The Balaban J connectivity index is 2.02. The third-order valence-electron chi connectivity index (χ3n) is 3.98. The van der Waals surface area contributed by atoms with Gasteiger partial charge in [0, 0.05) is 16.9 Å². The molecule has 0 bridgehead atoms. The Kier molecular flexibility index (Phi) is 4.71. The molecule has 23 heavy (non-hydrogen) atoms. The standard InChI is InChI=1S/C16H18ClN6/c1-3-11(15-18-8-20-22-15)10-5-6-14(17)13(7-10)12(4-2)16-19-9-21-23-16/h5-6,8-9,11-12H,3-4H2,1-2H3,(H,18,20,22)(H,19,21,23). The van der Waals surface area contributed by atoms with Crippen molar-refractivity contribution in [2.45, 2.75) is 38.5 Å². The fourth-order valence-electron chi connectivity index (χ4n) is 2.80. The molecule has 0 fully saturated rings. The highest BCUT2D eigenvalue weighted by Crippen LogP contribution is 2.34. The number of benzene rings is 1. The van der Waals surface area contributed by atoms with Gasteiger partial charge in [-0.2, -0.15) is 10.2 Å². The molecule has 2 heterocycles. The maximum atomic E-state index is 6.42. The van der Waals surface area contributed by atoms with Crippen LogP contribution in [0.5, 0.6) is 0 Å². The largest absolute Gasteiger partial charge is 0.266 e. The van der Waals surface area contributed by atoms with Gasteiger partial charge in [0.1, 0.15) is 12.7 Å². The van der Waals surface area contributed by atoms with Crippen LogP contribution in [0.25, 0.3) is 0 Å². The van der Waals surface area contributed by atoms with Crippen LogP contribution in [0.3, 0.4) is 0 Å². The summed E-state index contributed by atoms with van der Waals surface area (Å²) in [7, 11) is 0. The zero-order valence-electron chi connectivity index (χ0n) is 13.0. The molecule has 0 spiro atoms. The van der Waals surface area contributed by atoms with Crippen LogP contribution in [0.1, 0.15) is 61.3 Å². The summed E-state index contributed by atoms with van der Waals surface area (Å²) in [5.41, 5.74) is 1.95. The van der Waals surface area contributed by atoms with Gasteiger partial charge < -0.3 is 0 Å². The second-order valence-electron chi connectivity index (χ2n) is 5.31. The van der Waals surface area contributed by atoms with Crippen molar-refractivity contribution in [3.63, 3.8) is 0 Å².